The Hall–Kier alpha value is -2.97. The van der Waals surface area contributed by atoms with E-state index in [9.17, 15) is 9.59 Å². The number of anilines is 1. The maximum Gasteiger partial charge on any atom is 0.410 e. The Bertz CT molecular complexity index is 915. The summed E-state index contributed by atoms with van der Waals surface area (Å²) in [7, 11) is 1.30. The minimum atomic E-state index is -0.557. The van der Waals surface area contributed by atoms with Crippen LogP contribution in [0.1, 0.15) is 45.1 Å². The number of ether oxygens (including phenoxy) is 2. The maximum absolute atomic E-state index is 12.6. The molecule has 0 saturated carbocycles. The molecule has 1 saturated heterocycles. The summed E-state index contributed by atoms with van der Waals surface area (Å²) in [5, 5.41) is 0. The van der Waals surface area contributed by atoms with E-state index in [1.807, 2.05) is 34.6 Å². The average Bonchev–Trinajstić information content (AvgIpc) is 2.64. The number of methoxy groups -OCH3 is 1. The molecule has 3 rings (SSSR count). The largest absolute Gasteiger partial charge is 0.464 e. The molecule has 1 aliphatic rings. The predicted octanol–water partition coefficient (Wildman–Crippen LogP) is 2.65. The zero-order valence-electron chi connectivity index (χ0n) is 17.7. The number of esters is 1. The molecular weight excluding hydrogens is 374 g/mol. The van der Waals surface area contributed by atoms with Gasteiger partial charge in [0, 0.05) is 25.5 Å². The lowest BCUT2D eigenvalue weighted by atomic mass is 10.1. The van der Waals surface area contributed by atoms with Crippen molar-refractivity contribution in [1.82, 2.24) is 19.9 Å². The number of hydrogen-bond donors (Lipinski definition) is 0. The van der Waals surface area contributed by atoms with Gasteiger partial charge in [-0.15, -0.1) is 0 Å². The Balaban J connectivity index is 1.91. The van der Waals surface area contributed by atoms with Crippen molar-refractivity contribution in [2.24, 2.45) is 0 Å². The van der Waals surface area contributed by atoms with Gasteiger partial charge >= 0.3 is 12.1 Å². The van der Waals surface area contributed by atoms with Crippen molar-refractivity contribution >= 4 is 28.8 Å². The molecule has 29 heavy (non-hydrogen) atoms. The van der Waals surface area contributed by atoms with Crippen molar-refractivity contribution in [3.63, 3.8) is 0 Å². The Morgan fingerprint density at radius 2 is 1.62 bits per heavy atom. The molecule has 0 aliphatic carbocycles. The SMILES string of the molecule is COC(=O)c1ncc(N2C[C@@H](C)N(C(=O)OC(C)(C)C)[C@@H](C)C2)c2nccnc12. The zero-order chi connectivity index (χ0) is 21.3. The van der Waals surface area contributed by atoms with Crippen LogP contribution in [-0.4, -0.2) is 69.8 Å². The smallest absolute Gasteiger partial charge is 0.410 e. The van der Waals surface area contributed by atoms with Crippen molar-refractivity contribution in [2.45, 2.75) is 52.3 Å². The molecule has 3 heterocycles. The van der Waals surface area contributed by atoms with Crippen molar-refractivity contribution in [3.8, 4) is 0 Å². The van der Waals surface area contributed by atoms with Crippen LogP contribution in [0.2, 0.25) is 0 Å². The lowest BCUT2D eigenvalue weighted by molar-refractivity contribution is 0.00565. The summed E-state index contributed by atoms with van der Waals surface area (Å²) in [5.74, 6) is -0.557. The molecule has 0 aromatic carbocycles. The van der Waals surface area contributed by atoms with Gasteiger partial charge in [-0.1, -0.05) is 0 Å². The van der Waals surface area contributed by atoms with Gasteiger partial charge in [0.05, 0.1) is 31.1 Å². The van der Waals surface area contributed by atoms with E-state index in [-0.39, 0.29) is 23.9 Å². The number of piperazine rings is 1. The number of nitrogens with zero attached hydrogens (tertiary/aromatic N) is 5. The summed E-state index contributed by atoms with van der Waals surface area (Å²) in [5.41, 5.74) is 1.32. The van der Waals surface area contributed by atoms with Crippen LogP contribution < -0.4 is 4.90 Å². The van der Waals surface area contributed by atoms with Crippen LogP contribution in [0.25, 0.3) is 11.0 Å². The first-order valence-corrected chi connectivity index (χ1v) is 9.56. The van der Waals surface area contributed by atoms with Gasteiger partial charge in [-0.3, -0.25) is 14.9 Å². The Morgan fingerprint density at radius 3 is 2.17 bits per heavy atom. The highest BCUT2D eigenvalue weighted by molar-refractivity contribution is 6.03. The van der Waals surface area contributed by atoms with Crippen LogP contribution in [0.5, 0.6) is 0 Å². The van der Waals surface area contributed by atoms with E-state index < -0.39 is 11.6 Å². The standard InChI is InChI=1S/C20H27N5O4/c1-12-10-24(11-13(2)25(12)19(27)29-20(3,4)5)14-9-23-17(18(26)28-6)16-15(14)21-7-8-22-16/h7-9,12-13H,10-11H2,1-6H3/t12-,13+. The van der Waals surface area contributed by atoms with Crippen LogP contribution in [0.4, 0.5) is 10.5 Å². The molecule has 0 unspecified atom stereocenters. The minimum absolute atomic E-state index is 0.0828. The van der Waals surface area contributed by atoms with Crippen LogP contribution in [0.3, 0.4) is 0 Å². The van der Waals surface area contributed by atoms with Gasteiger partial charge in [-0.2, -0.15) is 0 Å². The van der Waals surface area contributed by atoms with Gasteiger partial charge in [0.25, 0.3) is 0 Å². The Labute approximate surface area is 170 Å². The van der Waals surface area contributed by atoms with Crippen molar-refractivity contribution in [3.05, 3.63) is 24.3 Å². The lowest BCUT2D eigenvalue weighted by Crippen LogP contribution is -2.59. The van der Waals surface area contributed by atoms with E-state index in [2.05, 4.69) is 19.9 Å². The molecule has 1 fully saturated rings. The Kier molecular flexibility index (Phi) is 5.59. The quantitative estimate of drug-likeness (QED) is 0.709. The van der Waals surface area contributed by atoms with Crippen molar-refractivity contribution in [1.29, 1.82) is 0 Å². The van der Waals surface area contributed by atoms with E-state index in [4.69, 9.17) is 9.47 Å². The summed E-state index contributed by atoms with van der Waals surface area (Å²) in [6.07, 6.45) is 4.40. The fourth-order valence-corrected chi connectivity index (χ4v) is 3.62. The molecular formula is C20H27N5O4. The number of aromatic nitrogens is 3. The van der Waals surface area contributed by atoms with E-state index in [1.54, 1.807) is 17.3 Å². The monoisotopic (exact) mass is 401 g/mol. The van der Waals surface area contributed by atoms with E-state index in [0.29, 0.717) is 24.1 Å². The summed E-state index contributed by atoms with van der Waals surface area (Å²) < 4.78 is 10.4. The van der Waals surface area contributed by atoms with Gasteiger partial charge in [0.15, 0.2) is 5.69 Å². The molecule has 0 spiro atoms. The van der Waals surface area contributed by atoms with Gasteiger partial charge in [-0.25, -0.2) is 14.6 Å². The lowest BCUT2D eigenvalue weighted by Gasteiger charge is -2.45. The molecule has 2 atom stereocenters. The van der Waals surface area contributed by atoms with Crippen molar-refractivity contribution in [2.75, 3.05) is 25.1 Å². The van der Waals surface area contributed by atoms with Crippen molar-refractivity contribution < 1.29 is 19.1 Å². The highest BCUT2D eigenvalue weighted by atomic mass is 16.6. The summed E-state index contributed by atoms with van der Waals surface area (Å²) >= 11 is 0. The normalized spacial score (nSPS) is 19.9. The van der Waals surface area contributed by atoms with Crippen LogP contribution in [-0.2, 0) is 9.47 Å². The first-order valence-electron chi connectivity index (χ1n) is 9.56. The molecule has 1 aliphatic heterocycles. The number of carbonyl (C=O) groups is 2. The maximum atomic E-state index is 12.6. The van der Waals surface area contributed by atoms with E-state index in [0.717, 1.165) is 5.69 Å². The van der Waals surface area contributed by atoms with E-state index >= 15 is 0 Å². The summed E-state index contributed by atoms with van der Waals surface area (Å²) in [6.45, 7) is 10.7. The minimum Gasteiger partial charge on any atom is -0.464 e. The van der Waals surface area contributed by atoms with E-state index in [1.165, 1.54) is 13.3 Å². The number of rotatable bonds is 2. The molecule has 2 aromatic heterocycles. The molecule has 0 N–H and O–H groups in total. The van der Waals surface area contributed by atoms with Crippen LogP contribution in [0.15, 0.2) is 18.6 Å². The number of hydrogen-bond acceptors (Lipinski definition) is 8. The molecule has 9 nitrogen and oxygen atoms in total. The third-order valence-corrected chi connectivity index (χ3v) is 4.72. The molecule has 1 amide bonds. The highest BCUT2D eigenvalue weighted by Crippen LogP contribution is 2.29. The first-order chi connectivity index (χ1) is 13.6. The summed E-state index contributed by atoms with van der Waals surface area (Å²) in [4.78, 5) is 41.6. The number of fused-ring (bicyclic) bond motifs is 1. The first kappa shape index (κ1) is 20.8. The molecule has 0 bridgehead atoms. The third kappa shape index (κ3) is 4.23. The third-order valence-electron chi connectivity index (χ3n) is 4.72. The summed E-state index contributed by atoms with van der Waals surface area (Å²) in [6, 6.07) is -0.166. The highest BCUT2D eigenvalue weighted by Gasteiger charge is 2.36. The van der Waals surface area contributed by atoms with Crippen LogP contribution in [0, 0.1) is 0 Å². The fraction of sp³-hybridized carbons (Fsp3) is 0.550. The van der Waals surface area contributed by atoms with Gasteiger partial charge in [-0.05, 0) is 34.6 Å². The number of amides is 1. The number of carbonyl (C=O) groups excluding carboxylic acids is 2. The van der Waals surface area contributed by atoms with Gasteiger partial charge in [0.1, 0.15) is 16.6 Å². The molecule has 156 valence electrons. The fourth-order valence-electron chi connectivity index (χ4n) is 3.62. The zero-order valence-corrected chi connectivity index (χ0v) is 17.7. The topological polar surface area (TPSA) is 97.8 Å². The number of pyridine rings is 1. The Morgan fingerprint density at radius 1 is 1.03 bits per heavy atom. The predicted molar refractivity (Wildman–Crippen MR) is 108 cm³/mol. The molecule has 2 aromatic rings. The second-order valence-corrected chi connectivity index (χ2v) is 8.23. The molecule has 0 radical (unpaired) electrons. The van der Waals surface area contributed by atoms with Gasteiger partial charge < -0.3 is 14.4 Å². The van der Waals surface area contributed by atoms with Crippen LogP contribution >= 0.6 is 0 Å². The second kappa shape index (κ2) is 7.81. The van der Waals surface area contributed by atoms with Gasteiger partial charge in [0.2, 0.25) is 0 Å². The second-order valence-electron chi connectivity index (χ2n) is 8.23. The molecule has 9 heteroatoms. The average molecular weight is 401 g/mol.